The van der Waals surface area contributed by atoms with Crippen molar-refractivity contribution in [3.8, 4) is 5.88 Å². The van der Waals surface area contributed by atoms with E-state index in [0.717, 1.165) is 40.2 Å². The number of Topliss-reactive ketones (excluding diaryl/α,β-unsaturated/α-hetero) is 1. The summed E-state index contributed by atoms with van der Waals surface area (Å²) < 4.78 is 8.07. The maximum absolute atomic E-state index is 13.7. The lowest BCUT2D eigenvalue weighted by Crippen LogP contribution is -2.22. The van der Waals surface area contributed by atoms with Gasteiger partial charge in [0.25, 0.3) is 5.56 Å². The molecular formula is C25H27BrN2O3. The topological polar surface area (TPSA) is 61.2 Å². The Labute approximate surface area is 190 Å². The molecule has 1 unspecified atom stereocenters. The normalized spacial score (nSPS) is 15.7. The van der Waals surface area contributed by atoms with Crippen molar-refractivity contribution in [2.24, 2.45) is 13.0 Å². The quantitative estimate of drug-likeness (QED) is 0.426. The monoisotopic (exact) mass is 482 g/mol. The van der Waals surface area contributed by atoms with Crippen LogP contribution in [0.4, 0.5) is 0 Å². The molecule has 1 saturated carbocycles. The molecule has 31 heavy (non-hydrogen) atoms. The molecule has 1 atom stereocenters. The van der Waals surface area contributed by atoms with Gasteiger partial charge >= 0.3 is 0 Å². The third kappa shape index (κ3) is 4.74. The van der Waals surface area contributed by atoms with Gasteiger partial charge in [0.15, 0.2) is 5.78 Å². The summed E-state index contributed by atoms with van der Waals surface area (Å²) in [6.07, 6.45) is 8.34. The Kier molecular flexibility index (Phi) is 6.56. The van der Waals surface area contributed by atoms with Crippen LogP contribution in [0.5, 0.6) is 5.88 Å². The van der Waals surface area contributed by atoms with E-state index in [1.807, 2.05) is 24.3 Å². The molecule has 2 heterocycles. The highest BCUT2D eigenvalue weighted by Crippen LogP contribution is 2.39. The summed E-state index contributed by atoms with van der Waals surface area (Å²) in [5, 5.41) is 0.954. The van der Waals surface area contributed by atoms with E-state index in [2.05, 4.69) is 15.9 Å². The largest absolute Gasteiger partial charge is 0.481 e. The number of ketones is 1. The highest BCUT2D eigenvalue weighted by Gasteiger charge is 2.30. The number of benzene rings is 1. The van der Waals surface area contributed by atoms with Crippen molar-refractivity contribution in [3.63, 3.8) is 0 Å². The van der Waals surface area contributed by atoms with Gasteiger partial charge < -0.3 is 9.30 Å². The molecular weight excluding hydrogens is 456 g/mol. The molecule has 0 spiro atoms. The number of fused-ring (bicyclic) bond motifs is 1. The van der Waals surface area contributed by atoms with Crippen molar-refractivity contribution in [3.05, 3.63) is 68.5 Å². The van der Waals surface area contributed by atoms with Gasteiger partial charge in [-0.1, -0.05) is 48.0 Å². The molecule has 6 heteroatoms. The second kappa shape index (κ2) is 9.35. The number of methoxy groups -OCH3 is 1. The fourth-order valence-corrected chi connectivity index (χ4v) is 4.97. The predicted molar refractivity (Wildman–Crippen MR) is 126 cm³/mol. The molecule has 0 aliphatic heterocycles. The number of hydrogen-bond acceptors (Lipinski definition) is 4. The molecule has 0 bridgehead atoms. The lowest BCUT2D eigenvalue weighted by atomic mass is 9.78. The van der Waals surface area contributed by atoms with Crippen molar-refractivity contribution >= 4 is 32.6 Å². The molecule has 1 fully saturated rings. The van der Waals surface area contributed by atoms with Gasteiger partial charge in [-0.2, -0.15) is 0 Å². The van der Waals surface area contributed by atoms with Crippen LogP contribution in [-0.2, 0) is 7.05 Å². The van der Waals surface area contributed by atoms with Gasteiger partial charge in [-0.05, 0) is 42.7 Å². The van der Waals surface area contributed by atoms with Crippen LogP contribution in [-0.4, -0.2) is 22.4 Å². The fraction of sp³-hybridized carbons (Fsp3) is 0.400. The lowest BCUT2D eigenvalue weighted by Gasteiger charge is -2.27. The summed E-state index contributed by atoms with van der Waals surface area (Å²) in [5.74, 6) is 0.517. The third-order valence-electron chi connectivity index (χ3n) is 6.34. The zero-order valence-electron chi connectivity index (χ0n) is 17.9. The van der Waals surface area contributed by atoms with Gasteiger partial charge in [0.05, 0.1) is 18.5 Å². The first kappa shape index (κ1) is 21.8. The Balaban J connectivity index is 1.81. The van der Waals surface area contributed by atoms with Crippen LogP contribution in [0.15, 0.2) is 51.9 Å². The smallest absolute Gasteiger partial charge is 0.250 e. The highest BCUT2D eigenvalue weighted by atomic mass is 79.9. The first-order valence-corrected chi connectivity index (χ1v) is 11.6. The van der Waals surface area contributed by atoms with Crippen LogP contribution in [0.1, 0.15) is 60.4 Å². The van der Waals surface area contributed by atoms with Crippen molar-refractivity contribution in [1.29, 1.82) is 0 Å². The standard InChI is InChI=1S/C25H27BrN2O3/c1-28-11-10-17(15-23(28)29)24(30)20(12-16-6-4-3-5-7-16)21-14-18-13-19(26)8-9-22(18)27-25(21)31-2/h8-11,13-16,20H,3-7,12H2,1-2H3. The summed E-state index contributed by atoms with van der Waals surface area (Å²) in [6.45, 7) is 0. The van der Waals surface area contributed by atoms with Crippen molar-refractivity contribution < 1.29 is 9.53 Å². The Morgan fingerprint density at radius 3 is 2.68 bits per heavy atom. The number of rotatable bonds is 6. The van der Waals surface area contributed by atoms with Crippen LogP contribution >= 0.6 is 15.9 Å². The molecule has 2 aromatic heterocycles. The number of aromatic nitrogens is 2. The molecule has 1 aromatic carbocycles. The molecule has 162 valence electrons. The summed E-state index contributed by atoms with van der Waals surface area (Å²) >= 11 is 3.53. The molecule has 4 rings (SSSR count). The minimum atomic E-state index is -0.402. The molecule has 0 saturated heterocycles. The number of carbonyl (C=O) groups is 1. The fourth-order valence-electron chi connectivity index (χ4n) is 4.59. The summed E-state index contributed by atoms with van der Waals surface area (Å²) in [6, 6.07) is 11.1. The van der Waals surface area contributed by atoms with E-state index in [4.69, 9.17) is 9.72 Å². The summed E-state index contributed by atoms with van der Waals surface area (Å²) in [5.41, 5.74) is 1.88. The Bertz CT molecular complexity index is 1170. The zero-order chi connectivity index (χ0) is 22.0. The predicted octanol–water partition coefficient (Wildman–Crippen LogP) is 5.64. The number of hydrogen-bond donors (Lipinski definition) is 0. The average Bonchev–Trinajstić information content (AvgIpc) is 2.78. The second-order valence-corrected chi connectivity index (χ2v) is 9.36. The first-order valence-electron chi connectivity index (χ1n) is 10.8. The average molecular weight is 483 g/mol. The molecule has 1 aliphatic rings. The van der Waals surface area contributed by atoms with Crippen molar-refractivity contribution in [2.45, 2.75) is 44.4 Å². The van der Waals surface area contributed by atoms with Gasteiger partial charge in [0, 0.05) is 40.3 Å². The van der Waals surface area contributed by atoms with Crippen molar-refractivity contribution in [1.82, 2.24) is 9.55 Å². The lowest BCUT2D eigenvalue weighted by molar-refractivity contribution is 0.0939. The number of aryl methyl sites for hydroxylation is 1. The Hall–Kier alpha value is -2.47. The van der Waals surface area contributed by atoms with E-state index >= 15 is 0 Å². The second-order valence-electron chi connectivity index (χ2n) is 8.45. The first-order chi connectivity index (χ1) is 15.0. The SMILES string of the molecule is COc1nc2ccc(Br)cc2cc1C(CC1CCCCC1)C(=O)c1ccn(C)c(=O)c1. The van der Waals surface area contributed by atoms with Crippen LogP contribution in [0.25, 0.3) is 10.9 Å². The summed E-state index contributed by atoms with van der Waals surface area (Å²) in [4.78, 5) is 30.6. The molecule has 0 amide bonds. The van der Waals surface area contributed by atoms with E-state index in [1.165, 1.54) is 29.9 Å². The van der Waals surface area contributed by atoms with Gasteiger partial charge in [-0.15, -0.1) is 0 Å². The number of pyridine rings is 2. The minimum absolute atomic E-state index is 0.0438. The van der Waals surface area contributed by atoms with E-state index in [1.54, 1.807) is 26.4 Å². The molecule has 0 N–H and O–H groups in total. The number of ether oxygens (including phenoxy) is 1. The zero-order valence-corrected chi connectivity index (χ0v) is 19.5. The molecule has 1 aliphatic carbocycles. The Morgan fingerprint density at radius 2 is 1.97 bits per heavy atom. The highest BCUT2D eigenvalue weighted by molar-refractivity contribution is 9.10. The molecule has 0 radical (unpaired) electrons. The van der Waals surface area contributed by atoms with Gasteiger partial charge in [0.1, 0.15) is 0 Å². The molecule has 5 nitrogen and oxygen atoms in total. The molecule has 3 aromatic rings. The van der Waals surface area contributed by atoms with Crippen LogP contribution < -0.4 is 10.3 Å². The van der Waals surface area contributed by atoms with Crippen LogP contribution in [0, 0.1) is 5.92 Å². The minimum Gasteiger partial charge on any atom is -0.481 e. The van der Waals surface area contributed by atoms with Crippen LogP contribution in [0.3, 0.4) is 0 Å². The van der Waals surface area contributed by atoms with E-state index in [-0.39, 0.29) is 11.3 Å². The van der Waals surface area contributed by atoms with Crippen LogP contribution in [0.2, 0.25) is 0 Å². The van der Waals surface area contributed by atoms with Gasteiger partial charge in [-0.25, -0.2) is 4.98 Å². The van der Waals surface area contributed by atoms with E-state index in [9.17, 15) is 9.59 Å². The number of halogens is 1. The maximum Gasteiger partial charge on any atom is 0.250 e. The van der Waals surface area contributed by atoms with Gasteiger partial charge in [-0.3, -0.25) is 9.59 Å². The van der Waals surface area contributed by atoms with Gasteiger partial charge in [0.2, 0.25) is 5.88 Å². The number of carbonyl (C=O) groups excluding carboxylic acids is 1. The maximum atomic E-state index is 13.7. The Morgan fingerprint density at radius 1 is 1.19 bits per heavy atom. The third-order valence-corrected chi connectivity index (χ3v) is 6.83. The number of nitrogens with zero attached hydrogens (tertiary/aromatic N) is 2. The van der Waals surface area contributed by atoms with E-state index in [0.29, 0.717) is 17.4 Å². The summed E-state index contributed by atoms with van der Waals surface area (Å²) in [7, 11) is 3.28. The van der Waals surface area contributed by atoms with Crippen molar-refractivity contribution in [2.75, 3.05) is 7.11 Å². The van der Waals surface area contributed by atoms with E-state index < -0.39 is 5.92 Å².